The van der Waals surface area contributed by atoms with E-state index in [1.54, 1.807) is 7.11 Å². The van der Waals surface area contributed by atoms with Crippen molar-refractivity contribution in [2.75, 3.05) is 20.2 Å². The molecule has 1 aliphatic rings. The van der Waals surface area contributed by atoms with Gasteiger partial charge in [-0.25, -0.2) is 0 Å². The van der Waals surface area contributed by atoms with Gasteiger partial charge in [-0.05, 0) is 52.4 Å². The Bertz CT molecular complexity index is 473. The number of ether oxygens (including phenoxy) is 1. The summed E-state index contributed by atoms with van der Waals surface area (Å²) in [6, 6.07) is 5.49. The highest BCUT2D eigenvalue weighted by molar-refractivity contribution is 9.10. The van der Waals surface area contributed by atoms with Gasteiger partial charge in [-0.15, -0.1) is 0 Å². The molecule has 0 bridgehead atoms. The molecule has 4 heteroatoms. The van der Waals surface area contributed by atoms with Crippen molar-refractivity contribution in [1.29, 1.82) is 0 Å². The summed E-state index contributed by atoms with van der Waals surface area (Å²) in [5.41, 5.74) is 0.720. The maximum Gasteiger partial charge on any atom is 0.253 e. The van der Waals surface area contributed by atoms with Gasteiger partial charge in [0.15, 0.2) is 0 Å². The third-order valence-electron chi connectivity index (χ3n) is 3.85. The van der Waals surface area contributed by atoms with Crippen LogP contribution in [-0.2, 0) is 0 Å². The van der Waals surface area contributed by atoms with Gasteiger partial charge < -0.3 is 9.64 Å². The molecule has 0 N–H and O–H groups in total. The first-order valence-corrected chi connectivity index (χ1v) is 7.45. The SMILES string of the molecule is COc1ccc(C(=O)N2CCC(C(C)C)C2)cc1Br. The summed E-state index contributed by atoms with van der Waals surface area (Å²) in [6.07, 6.45) is 1.11. The minimum absolute atomic E-state index is 0.117. The van der Waals surface area contributed by atoms with Crippen LogP contribution in [0.5, 0.6) is 5.75 Å². The average Bonchev–Trinajstić information content (AvgIpc) is 2.87. The number of likely N-dealkylation sites (tertiary alicyclic amines) is 1. The Labute approximate surface area is 123 Å². The molecular weight excluding hydrogens is 306 g/mol. The summed E-state index contributed by atoms with van der Waals surface area (Å²) in [5.74, 6) is 2.13. The Morgan fingerprint density at radius 1 is 1.47 bits per heavy atom. The second-order valence-corrected chi connectivity index (χ2v) is 6.25. The van der Waals surface area contributed by atoms with Crippen molar-refractivity contribution in [2.45, 2.75) is 20.3 Å². The zero-order chi connectivity index (χ0) is 14.0. The van der Waals surface area contributed by atoms with Gasteiger partial charge in [0.25, 0.3) is 5.91 Å². The van der Waals surface area contributed by atoms with Crippen LogP contribution in [0.15, 0.2) is 22.7 Å². The lowest BCUT2D eigenvalue weighted by molar-refractivity contribution is 0.0784. The fourth-order valence-corrected chi connectivity index (χ4v) is 3.04. The van der Waals surface area contributed by atoms with Gasteiger partial charge in [0.05, 0.1) is 11.6 Å². The molecule has 0 aromatic heterocycles. The van der Waals surface area contributed by atoms with Crippen LogP contribution in [-0.4, -0.2) is 31.0 Å². The molecule has 0 radical (unpaired) electrons. The molecule has 2 rings (SSSR count). The molecular formula is C15H20BrNO2. The van der Waals surface area contributed by atoms with Crippen molar-refractivity contribution in [1.82, 2.24) is 4.90 Å². The molecule has 1 aromatic carbocycles. The molecule has 0 spiro atoms. The Morgan fingerprint density at radius 2 is 2.21 bits per heavy atom. The van der Waals surface area contributed by atoms with E-state index in [-0.39, 0.29) is 5.91 Å². The van der Waals surface area contributed by atoms with Crippen molar-refractivity contribution in [3.63, 3.8) is 0 Å². The fourth-order valence-electron chi connectivity index (χ4n) is 2.50. The van der Waals surface area contributed by atoms with E-state index in [1.807, 2.05) is 23.1 Å². The van der Waals surface area contributed by atoms with Crippen molar-refractivity contribution in [2.24, 2.45) is 11.8 Å². The number of hydrogen-bond donors (Lipinski definition) is 0. The second kappa shape index (κ2) is 5.95. The third-order valence-corrected chi connectivity index (χ3v) is 4.47. The van der Waals surface area contributed by atoms with Crippen molar-refractivity contribution in [3.05, 3.63) is 28.2 Å². The van der Waals surface area contributed by atoms with E-state index in [0.717, 1.165) is 35.3 Å². The lowest BCUT2D eigenvalue weighted by atomic mass is 9.95. The Kier molecular flexibility index (Phi) is 4.50. The summed E-state index contributed by atoms with van der Waals surface area (Å²) in [4.78, 5) is 14.4. The number of rotatable bonds is 3. The summed E-state index contributed by atoms with van der Waals surface area (Å²) in [5, 5.41) is 0. The molecule has 0 saturated carbocycles. The topological polar surface area (TPSA) is 29.5 Å². The second-order valence-electron chi connectivity index (χ2n) is 5.39. The number of carbonyl (C=O) groups is 1. The smallest absolute Gasteiger partial charge is 0.253 e. The van der Waals surface area contributed by atoms with Crippen LogP contribution in [0.1, 0.15) is 30.6 Å². The number of amides is 1. The minimum Gasteiger partial charge on any atom is -0.496 e. The van der Waals surface area contributed by atoms with Gasteiger partial charge >= 0.3 is 0 Å². The summed E-state index contributed by atoms with van der Waals surface area (Å²) >= 11 is 3.42. The highest BCUT2D eigenvalue weighted by atomic mass is 79.9. The molecule has 1 fully saturated rings. The van der Waals surface area contributed by atoms with Crippen LogP contribution < -0.4 is 4.74 Å². The highest BCUT2D eigenvalue weighted by Gasteiger charge is 2.28. The molecule has 1 heterocycles. The van der Waals surface area contributed by atoms with E-state index in [2.05, 4.69) is 29.8 Å². The Balaban J connectivity index is 2.10. The van der Waals surface area contributed by atoms with Crippen LogP contribution >= 0.6 is 15.9 Å². The molecule has 1 amide bonds. The molecule has 1 atom stereocenters. The third kappa shape index (κ3) is 3.11. The molecule has 104 valence electrons. The minimum atomic E-state index is 0.117. The van der Waals surface area contributed by atoms with Gasteiger partial charge in [0.2, 0.25) is 0 Å². The molecule has 1 unspecified atom stereocenters. The average molecular weight is 326 g/mol. The van der Waals surface area contributed by atoms with Crippen molar-refractivity contribution < 1.29 is 9.53 Å². The normalized spacial score (nSPS) is 19.0. The number of methoxy groups -OCH3 is 1. The first kappa shape index (κ1) is 14.4. The number of hydrogen-bond acceptors (Lipinski definition) is 2. The predicted molar refractivity (Wildman–Crippen MR) is 79.5 cm³/mol. The molecule has 0 aliphatic carbocycles. The van der Waals surface area contributed by atoms with Crippen LogP contribution in [0.3, 0.4) is 0 Å². The number of nitrogens with zero attached hydrogens (tertiary/aromatic N) is 1. The first-order chi connectivity index (χ1) is 9.02. The van der Waals surface area contributed by atoms with E-state index in [9.17, 15) is 4.79 Å². The zero-order valence-corrected chi connectivity index (χ0v) is 13.2. The largest absolute Gasteiger partial charge is 0.496 e. The molecule has 1 aromatic rings. The Hall–Kier alpha value is -1.03. The summed E-state index contributed by atoms with van der Waals surface area (Å²) in [6.45, 7) is 6.19. The maximum absolute atomic E-state index is 12.4. The molecule has 1 aliphatic heterocycles. The standard InChI is InChI=1S/C15H20BrNO2/c1-10(2)12-6-7-17(9-12)15(18)11-4-5-14(19-3)13(16)8-11/h4-5,8,10,12H,6-7,9H2,1-3H3. The van der Waals surface area contributed by atoms with Crippen LogP contribution in [0.2, 0.25) is 0 Å². The fraction of sp³-hybridized carbons (Fsp3) is 0.533. The molecule has 1 saturated heterocycles. The van der Waals surface area contributed by atoms with Gasteiger partial charge in [0.1, 0.15) is 5.75 Å². The van der Waals surface area contributed by atoms with Gasteiger partial charge in [-0.3, -0.25) is 4.79 Å². The maximum atomic E-state index is 12.4. The molecule has 3 nitrogen and oxygen atoms in total. The van der Waals surface area contributed by atoms with Crippen molar-refractivity contribution in [3.8, 4) is 5.75 Å². The monoisotopic (exact) mass is 325 g/mol. The van der Waals surface area contributed by atoms with E-state index in [0.29, 0.717) is 11.8 Å². The Morgan fingerprint density at radius 3 is 2.74 bits per heavy atom. The quantitative estimate of drug-likeness (QED) is 0.850. The number of benzene rings is 1. The summed E-state index contributed by atoms with van der Waals surface area (Å²) in [7, 11) is 1.62. The van der Waals surface area contributed by atoms with Crippen LogP contribution in [0, 0.1) is 11.8 Å². The van der Waals surface area contributed by atoms with Gasteiger partial charge in [-0.2, -0.15) is 0 Å². The predicted octanol–water partition coefficient (Wildman–Crippen LogP) is 3.58. The lowest BCUT2D eigenvalue weighted by Crippen LogP contribution is -2.29. The lowest BCUT2D eigenvalue weighted by Gasteiger charge is -2.18. The van der Waals surface area contributed by atoms with Gasteiger partial charge in [-0.1, -0.05) is 13.8 Å². The van der Waals surface area contributed by atoms with Crippen molar-refractivity contribution >= 4 is 21.8 Å². The number of carbonyl (C=O) groups excluding carboxylic acids is 1. The van der Waals surface area contributed by atoms with Crippen LogP contribution in [0.25, 0.3) is 0 Å². The van der Waals surface area contributed by atoms with E-state index in [1.165, 1.54) is 0 Å². The van der Waals surface area contributed by atoms with Gasteiger partial charge in [0, 0.05) is 18.7 Å². The summed E-state index contributed by atoms with van der Waals surface area (Å²) < 4.78 is 6.00. The van der Waals surface area contributed by atoms with Crippen LogP contribution in [0.4, 0.5) is 0 Å². The van der Waals surface area contributed by atoms with E-state index < -0.39 is 0 Å². The van der Waals surface area contributed by atoms with E-state index in [4.69, 9.17) is 4.74 Å². The zero-order valence-electron chi connectivity index (χ0n) is 11.6. The first-order valence-electron chi connectivity index (χ1n) is 6.65. The molecule has 19 heavy (non-hydrogen) atoms. The van der Waals surface area contributed by atoms with E-state index >= 15 is 0 Å². The number of halogens is 1. The highest BCUT2D eigenvalue weighted by Crippen LogP contribution is 2.28.